The zero-order valence-corrected chi connectivity index (χ0v) is 13.8. The summed E-state index contributed by atoms with van der Waals surface area (Å²) in [5.74, 6) is 0. The van der Waals surface area contributed by atoms with E-state index >= 15 is 0 Å². The Hall–Kier alpha value is -0.435. The normalized spacial score (nSPS) is 30.8. The zero-order valence-electron chi connectivity index (χ0n) is 13.8. The van der Waals surface area contributed by atoms with Crippen LogP contribution < -0.4 is 0 Å². The fraction of sp³-hybridized carbons (Fsp3) is 0.867. The molecular formula is C15H28BNO5. The molecule has 0 amide bonds. The second-order valence-corrected chi connectivity index (χ2v) is 6.41. The highest BCUT2D eigenvalue weighted by Crippen LogP contribution is 2.29. The number of nitrogens with zero attached hydrogens (tertiary/aromatic N) is 1. The van der Waals surface area contributed by atoms with Gasteiger partial charge >= 0.3 is 7.05 Å². The van der Waals surface area contributed by atoms with Gasteiger partial charge in [0.15, 0.2) is 6.29 Å². The minimum atomic E-state index is -0.716. The summed E-state index contributed by atoms with van der Waals surface area (Å²) in [4.78, 5) is 1.78. The van der Waals surface area contributed by atoms with Crippen LogP contribution >= 0.6 is 0 Å². The molecule has 2 heterocycles. The molecule has 2 aliphatic rings. The molecule has 2 fully saturated rings. The highest BCUT2D eigenvalue weighted by atomic mass is 16.7. The first kappa shape index (κ1) is 17.9. The molecule has 0 spiro atoms. The van der Waals surface area contributed by atoms with E-state index in [-0.39, 0.29) is 12.3 Å². The summed E-state index contributed by atoms with van der Waals surface area (Å²) in [6.45, 7) is 7.01. The van der Waals surface area contributed by atoms with Gasteiger partial charge in [-0.05, 0) is 39.9 Å². The van der Waals surface area contributed by atoms with E-state index in [1.54, 1.807) is 23.8 Å². The molecule has 2 aliphatic heterocycles. The summed E-state index contributed by atoms with van der Waals surface area (Å²) in [7, 11) is -0.683. The summed E-state index contributed by atoms with van der Waals surface area (Å²) in [6, 6.07) is -0.266. The number of rotatable bonds is 6. The van der Waals surface area contributed by atoms with E-state index in [2.05, 4.69) is 0 Å². The minimum absolute atomic E-state index is 0.127. The van der Waals surface area contributed by atoms with E-state index in [4.69, 9.17) is 14.2 Å². The van der Waals surface area contributed by atoms with Crippen LogP contribution in [0.1, 0.15) is 33.1 Å². The van der Waals surface area contributed by atoms with Gasteiger partial charge in [0.05, 0.1) is 25.4 Å². The van der Waals surface area contributed by atoms with E-state index < -0.39 is 18.9 Å². The van der Waals surface area contributed by atoms with Crippen molar-refractivity contribution in [3.63, 3.8) is 0 Å². The predicted octanol–water partition coefficient (Wildman–Crippen LogP) is 0.994. The van der Waals surface area contributed by atoms with Gasteiger partial charge in [0.2, 0.25) is 0 Å². The van der Waals surface area contributed by atoms with Gasteiger partial charge in [0, 0.05) is 6.61 Å². The maximum atomic E-state index is 10.3. The number of aliphatic hydroxyl groups is 1. The van der Waals surface area contributed by atoms with Crippen LogP contribution in [-0.2, 0) is 14.2 Å². The fourth-order valence-electron chi connectivity index (χ4n) is 3.16. The Kier molecular flexibility index (Phi) is 6.43. The SMILES string of the molecule is CB(O)N1[C@@H]([C@@H](O)/C=C/COC2CCCCO2)COC1(C)C. The van der Waals surface area contributed by atoms with Crippen molar-refractivity contribution in [1.82, 2.24) is 4.81 Å². The van der Waals surface area contributed by atoms with Gasteiger partial charge in [-0.15, -0.1) is 0 Å². The predicted molar refractivity (Wildman–Crippen MR) is 84.2 cm³/mol. The summed E-state index contributed by atoms with van der Waals surface area (Å²) in [6.07, 6.45) is 5.82. The van der Waals surface area contributed by atoms with Crippen molar-refractivity contribution in [2.75, 3.05) is 19.8 Å². The third-order valence-corrected chi connectivity index (χ3v) is 4.23. The molecule has 22 heavy (non-hydrogen) atoms. The van der Waals surface area contributed by atoms with Crippen LogP contribution in [0.15, 0.2) is 12.2 Å². The van der Waals surface area contributed by atoms with Crippen molar-refractivity contribution >= 4 is 7.05 Å². The lowest BCUT2D eigenvalue weighted by Crippen LogP contribution is -2.54. The fourth-order valence-corrected chi connectivity index (χ4v) is 3.16. The van der Waals surface area contributed by atoms with Gasteiger partial charge in [0.1, 0.15) is 5.72 Å². The zero-order chi connectivity index (χ0) is 16.2. The Morgan fingerprint density at radius 3 is 2.86 bits per heavy atom. The number of hydrogen-bond acceptors (Lipinski definition) is 6. The van der Waals surface area contributed by atoms with Crippen LogP contribution in [0.25, 0.3) is 0 Å². The third-order valence-electron chi connectivity index (χ3n) is 4.23. The van der Waals surface area contributed by atoms with Gasteiger partial charge in [-0.25, -0.2) is 0 Å². The smallest absolute Gasteiger partial charge is 0.379 e. The number of ether oxygens (including phenoxy) is 3. The second-order valence-electron chi connectivity index (χ2n) is 6.41. The lowest BCUT2D eigenvalue weighted by molar-refractivity contribution is -0.155. The Morgan fingerprint density at radius 2 is 2.23 bits per heavy atom. The molecule has 7 heteroatoms. The molecule has 3 atom stereocenters. The average Bonchev–Trinajstić information content (AvgIpc) is 2.80. The van der Waals surface area contributed by atoms with Crippen molar-refractivity contribution in [2.45, 2.75) is 64.1 Å². The van der Waals surface area contributed by atoms with E-state index in [1.807, 2.05) is 13.8 Å². The Morgan fingerprint density at radius 1 is 1.45 bits per heavy atom. The molecular weight excluding hydrogens is 285 g/mol. The first-order valence-corrected chi connectivity index (χ1v) is 8.10. The van der Waals surface area contributed by atoms with Crippen LogP contribution in [-0.4, -0.2) is 66.0 Å². The van der Waals surface area contributed by atoms with Gasteiger partial charge in [-0.1, -0.05) is 12.2 Å². The molecule has 6 nitrogen and oxygen atoms in total. The molecule has 0 aromatic heterocycles. The Labute approximate surface area is 133 Å². The van der Waals surface area contributed by atoms with Gasteiger partial charge in [-0.3, -0.25) is 4.81 Å². The molecule has 0 aromatic rings. The van der Waals surface area contributed by atoms with Crippen molar-refractivity contribution in [3.05, 3.63) is 12.2 Å². The first-order chi connectivity index (χ1) is 10.4. The van der Waals surface area contributed by atoms with Crippen molar-refractivity contribution < 1.29 is 24.3 Å². The minimum Gasteiger partial charge on any atom is -0.437 e. The molecule has 0 aromatic carbocycles. The molecule has 0 saturated carbocycles. The third kappa shape index (κ3) is 4.53. The molecule has 1 unspecified atom stereocenters. The van der Waals surface area contributed by atoms with Gasteiger partial charge in [0.25, 0.3) is 0 Å². The Bertz CT molecular complexity index is 371. The monoisotopic (exact) mass is 313 g/mol. The summed E-state index contributed by atoms with van der Waals surface area (Å²) < 4.78 is 16.7. The van der Waals surface area contributed by atoms with Crippen molar-refractivity contribution in [3.8, 4) is 0 Å². The van der Waals surface area contributed by atoms with Crippen LogP contribution in [0.5, 0.6) is 0 Å². The van der Waals surface area contributed by atoms with Crippen LogP contribution in [0.2, 0.25) is 6.82 Å². The molecule has 126 valence electrons. The molecule has 2 N–H and O–H groups in total. The molecule has 2 saturated heterocycles. The largest absolute Gasteiger partial charge is 0.437 e. The highest BCUT2D eigenvalue weighted by Gasteiger charge is 2.46. The maximum Gasteiger partial charge on any atom is 0.379 e. The molecule has 0 aliphatic carbocycles. The molecule has 0 radical (unpaired) electrons. The average molecular weight is 313 g/mol. The highest BCUT2D eigenvalue weighted by molar-refractivity contribution is 6.45. The van der Waals surface area contributed by atoms with Crippen LogP contribution in [0.4, 0.5) is 0 Å². The second kappa shape index (κ2) is 7.90. The first-order valence-electron chi connectivity index (χ1n) is 8.10. The Balaban J connectivity index is 1.80. The lowest BCUT2D eigenvalue weighted by Gasteiger charge is -2.35. The van der Waals surface area contributed by atoms with Crippen molar-refractivity contribution in [1.29, 1.82) is 0 Å². The topological polar surface area (TPSA) is 71.4 Å². The standard InChI is InChI=1S/C15H28BNO5/c1-15(2)17(16(3)19)12(11-22-15)13(18)7-6-10-21-14-8-4-5-9-20-14/h6-7,12-14,18-19H,4-5,8-11H2,1-3H3/b7-6+/t12-,13+,14?/m1/s1. The number of hydrogen-bond donors (Lipinski definition) is 2. The summed E-state index contributed by atoms with van der Waals surface area (Å²) in [5.41, 5.74) is -0.583. The van der Waals surface area contributed by atoms with E-state index in [9.17, 15) is 10.1 Å². The van der Waals surface area contributed by atoms with E-state index in [0.717, 1.165) is 25.9 Å². The maximum absolute atomic E-state index is 10.3. The van der Waals surface area contributed by atoms with Gasteiger partial charge in [-0.2, -0.15) is 0 Å². The van der Waals surface area contributed by atoms with Gasteiger partial charge < -0.3 is 24.3 Å². The quantitative estimate of drug-likeness (QED) is 0.563. The molecule has 2 rings (SSSR count). The van der Waals surface area contributed by atoms with Crippen LogP contribution in [0, 0.1) is 0 Å². The van der Waals surface area contributed by atoms with Crippen LogP contribution in [0.3, 0.4) is 0 Å². The lowest BCUT2D eigenvalue weighted by atomic mass is 9.80. The van der Waals surface area contributed by atoms with E-state index in [1.165, 1.54) is 0 Å². The summed E-state index contributed by atoms with van der Waals surface area (Å²) in [5, 5.41) is 20.2. The molecule has 0 bridgehead atoms. The van der Waals surface area contributed by atoms with Crippen molar-refractivity contribution in [2.24, 2.45) is 0 Å². The number of aliphatic hydroxyl groups excluding tert-OH is 1. The summed E-state index contributed by atoms with van der Waals surface area (Å²) >= 11 is 0. The van der Waals surface area contributed by atoms with E-state index in [0.29, 0.717) is 13.2 Å².